The summed E-state index contributed by atoms with van der Waals surface area (Å²) in [5.74, 6) is 1.48. The third kappa shape index (κ3) is 3.54. The van der Waals surface area contributed by atoms with E-state index >= 15 is 0 Å². The monoisotopic (exact) mass is 358 g/mol. The van der Waals surface area contributed by atoms with Gasteiger partial charge < -0.3 is 18.8 Å². The van der Waals surface area contributed by atoms with Gasteiger partial charge >= 0.3 is 7.12 Å². The van der Waals surface area contributed by atoms with Crippen LogP contribution in [0.25, 0.3) is 0 Å². The van der Waals surface area contributed by atoms with Crippen molar-refractivity contribution in [3.8, 4) is 5.75 Å². The standard InChI is InChI=1S/C21H31BO4/c1-20(2)21(3,4)26-22(25-20)17-10-12-23-18(14-17)7-5-15-6-8-19-16(13-15)9-11-24-19/h6,8,13,17-18H,5,7,9-12,14H2,1-4H3/t17-,18-/m1/s1. The molecule has 1 aromatic carbocycles. The van der Waals surface area contributed by atoms with Crippen LogP contribution in [0, 0.1) is 0 Å². The molecule has 3 heterocycles. The van der Waals surface area contributed by atoms with Gasteiger partial charge in [-0.05, 0) is 76.4 Å². The van der Waals surface area contributed by atoms with Crippen molar-refractivity contribution in [2.75, 3.05) is 13.2 Å². The average Bonchev–Trinajstić information content (AvgIpc) is 3.14. The summed E-state index contributed by atoms with van der Waals surface area (Å²) in [6, 6.07) is 6.61. The van der Waals surface area contributed by atoms with Crippen molar-refractivity contribution < 1.29 is 18.8 Å². The van der Waals surface area contributed by atoms with E-state index in [4.69, 9.17) is 18.8 Å². The minimum atomic E-state index is -0.252. The highest BCUT2D eigenvalue weighted by atomic mass is 16.7. The molecule has 0 aliphatic carbocycles. The van der Waals surface area contributed by atoms with Crippen molar-refractivity contribution in [3.05, 3.63) is 29.3 Å². The smallest absolute Gasteiger partial charge is 0.461 e. The van der Waals surface area contributed by atoms with Gasteiger partial charge in [0.15, 0.2) is 0 Å². The summed E-state index contributed by atoms with van der Waals surface area (Å²) in [6.45, 7) is 10.1. The highest BCUT2D eigenvalue weighted by Crippen LogP contribution is 2.43. The second-order valence-corrected chi connectivity index (χ2v) is 8.98. The van der Waals surface area contributed by atoms with E-state index < -0.39 is 0 Å². The van der Waals surface area contributed by atoms with E-state index in [1.807, 2.05) is 0 Å². The predicted molar refractivity (Wildman–Crippen MR) is 103 cm³/mol. The largest absolute Gasteiger partial charge is 0.493 e. The molecule has 26 heavy (non-hydrogen) atoms. The molecule has 2 atom stereocenters. The number of hydrogen-bond acceptors (Lipinski definition) is 4. The van der Waals surface area contributed by atoms with Gasteiger partial charge in [-0.3, -0.25) is 0 Å². The Kier molecular flexibility index (Phi) is 4.83. The topological polar surface area (TPSA) is 36.9 Å². The lowest BCUT2D eigenvalue weighted by Gasteiger charge is -2.32. The molecule has 0 N–H and O–H groups in total. The molecule has 5 heteroatoms. The summed E-state index contributed by atoms with van der Waals surface area (Å²) in [7, 11) is -0.108. The second kappa shape index (κ2) is 6.85. The van der Waals surface area contributed by atoms with Crippen molar-refractivity contribution in [2.24, 2.45) is 0 Å². The lowest BCUT2D eigenvalue weighted by molar-refractivity contribution is 0.00578. The van der Waals surface area contributed by atoms with Crippen LogP contribution in [0.15, 0.2) is 18.2 Å². The molecule has 1 aromatic rings. The van der Waals surface area contributed by atoms with E-state index in [1.54, 1.807) is 0 Å². The number of benzene rings is 1. The molecular weight excluding hydrogens is 327 g/mol. The van der Waals surface area contributed by atoms with Crippen LogP contribution in [-0.4, -0.2) is 37.6 Å². The van der Waals surface area contributed by atoms with Gasteiger partial charge in [0.05, 0.1) is 23.9 Å². The number of fused-ring (bicyclic) bond motifs is 1. The van der Waals surface area contributed by atoms with Gasteiger partial charge in [0.25, 0.3) is 0 Å². The maximum absolute atomic E-state index is 6.27. The molecule has 0 aromatic heterocycles. The van der Waals surface area contributed by atoms with Crippen LogP contribution in [-0.2, 0) is 26.9 Å². The summed E-state index contributed by atoms with van der Waals surface area (Å²) >= 11 is 0. The molecule has 2 saturated heterocycles. The third-order valence-corrected chi connectivity index (χ3v) is 6.57. The molecule has 0 spiro atoms. The highest BCUT2D eigenvalue weighted by molar-refractivity contribution is 6.47. The fourth-order valence-corrected chi connectivity index (χ4v) is 4.16. The van der Waals surface area contributed by atoms with Crippen molar-refractivity contribution in [3.63, 3.8) is 0 Å². The van der Waals surface area contributed by atoms with Gasteiger partial charge in [0.2, 0.25) is 0 Å². The quantitative estimate of drug-likeness (QED) is 0.756. The minimum Gasteiger partial charge on any atom is -0.493 e. The molecule has 0 bridgehead atoms. The summed E-state index contributed by atoms with van der Waals surface area (Å²) in [4.78, 5) is 0. The van der Waals surface area contributed by atoms with Crippen LogP contribution in [0.4, 0.5) is 0 Å². The number of rotatable bonds is 4. The maximum Gasteiger partial charge on any atom is 0.461 e. The number of hydrogen-bond donors (Lipinski definition) is 0. The van der Waals surface area contributed by atoms with Gasteiger partial charge in [-0.15, -0.1) is 0 Å². The van der Waals surface area contributed by atoms with Gasteiger partial charge in [0.1, 0.15) is 5.75 Å². The van der Waals surface area contributed by atoms with Crippen LogP contribution in [0.1, 0.15) is 58.1 Å². The SMILES string of the molecule is CC1(C)OB([C@@H]2CCO[C@H](CCc3ccc4c(c3)CCO4)C2)OC1(C)C. The first-order chi connectivity index (χ1) is 12.3. The molecule has 0 unspecified atom stereocenters. The molecule has 142 valence electrons. The zero-order chi connectivity index (χ0) is 18.4. The average molecular weight is 358 g/mol. The lowest BCUT2D eigenvalue weighted by Crippen LogP contribution is -2.41. The number of aryl methyl sites for hydroxylation is 1. The molecule has 2 fully saturated rings. The Morgan fingerprint density at radius 1 is 1.08 bits per heavy atom. The molecule has 0 saturated carbocycles. The summed E-state index contributed by atoms with van der Waals surface area (Å²) in [6.07, 6.45) is 5.46. The van der Waals surface area contributed by atoms with Crippen LogP contribution >= 0.6 is 0 Å². The molecule has 4 rings (SSSR count). The Morgan fingerprint density at radius 3 is 2.62 bits per heavy atom. The van der Waals surface area contributed by atoms with Gasteiger partial charge in [-0.2, -0.15) is 0 Å². The van der Waals surface area contributed by atoms with E-state index in [-0.39, 0.29) is 24.4 Å². The first kappa shape index (κ1) is 18.3. The Balaban J connectivity index is 1.33. The first-order valence-electron chi connectivity index (χ1n) is 10.1. The van der Waals surface area contributed by atoms with Gasteiger partial charge in [-0.1, -0.05) is 12.1 Å². The summed E-state index contributed by atoms with van der Waals surface area (Å²) in [5.41, 5.74) is 2.23. The summed E-state index contributed by atoms with van der Waals surface area (Å²) < 4.78 is 24.2. The van der Waals surface area contributed by atoms with Gasteiger partial charge in [0, 0.05) is 13.0 Å². The Hall–Kier alpha value is -1.04. The Bertz CT molecular complexity index is 641. The fraction of sp³-hybridized carbons (Fsp3) is 0.714. The van der Waals surface area contributed by atoms with Crippen molar-refractivity contribution in [2.45, 2.75) is 82.9 Å². The minimum absolute atomic E-state index is 0.108. The second-order valence-electron chi connectivity index (χ2n) is 8.98. The zero-order valence-electron chi connectivity index (χ0n) is 16.5. The molecule has 0 radical (unpaired) electrons. The molecule has 4 nitrogen and oxygen atoms in total. The number of ether oxygens (including phenoxy) is 2. The van der Waals surface area contributed by atoms with Crippen LogP contribution in [0.2, 0.25) is 5.82 Å². The van der Waals surface area contributed by atoms with E-state index in [0.29, 0.717) is 5.82 Å². The van der Waals surface area contributed by atoms with Crippen LogP contribution < -0.4 is 4.74 Å². The van der Waals surface area contributed by atoms with Crippen LogP contribution in [0.5, 0.6) is 5.75 Å². The third-order valence-electron chi connectivity index (χ3n) is 6.57. The highest BCUT2D eigenvalue weighted by Gasteiger charge is 2.54. The molecule has 3 aliphatic heterocycles. The van der Waals surface area contributed by atoms with E-state index in [1.165, 1.54) is 11.1 Å². The zero-order valence-corrected chi connectivity index (χ0v) is 16.5. The van der Waals surface area contributed by atoms with E-state index in [0.717, 1.165) is 51.1 Å². The molecule has 3 aliphatic rings. The first-order valence-corrected chi connectivity index (χ1v) is 10.1. The predicted octanol–water partition coefficient (Wildman–Crippen LogP) is 4.20. The van der Waals surface area contributed by atoms with Crippen molar-refractivity contribution in [1.82, 2.24) is 0 Å². The van der Waals surface area contributed by atoms with Crippen molar-refractivity contribution in [1.29, 1.82) is 0 Å². The maximum atomic E-state index is 6.27. The van der Waals surface area contributed by atoms with E-state index in [9.17, 15) is 0 Å². The molecular formula is C21H31BO4. The van der Waals surface area contributed by atoms with E-state index in [2.05, 4.69) is 45.9 Å². The van der Waals surface area contributed by atoms with Gasteiger partial charge in [-0.25, -0.2) is 0 Å². The molecule has 0 amide bonds. The Morgan fingerprint density at radius 2 is 1.85 bits per heavy atom. The fourth-order valence-electron chi connectivity index (χ4n) is 4.16. The Labute approximate surface area is 157 Å². The summed E-state index contributed by atoms with van der Waals surface area (Å²) in [5, 5.41) is 0. The lowest BCUT2D eigenvalue weighted by atomic mass is 9.66. The van der Waals surface area contributed by atoms with Crippen LogP contribution in [0.3, 0.4) is 0 Å². The van der Waals surface area contributed by atoms with Crippen molar-refractivity contribution >= 4 is 7.12 Å². The normalized spacial score (nSPS) is 29.5.